The van der Waals surface area contributed by atoms with Crippen molar-refractivity contribution in [3.05, 3.63) is 29.7 Å². The third kappa shape index (κ3) is 3.54. The van der Waals surface area contributed by atoms with Gasteiger partial charge < -0.3 is 5.32 Å². The second-order valence-corrected chi connectivity index (χ2v) is 4.86. The van der Waals surface area contributed by atoms with Crippen LogP contribution in [0.2, 0.25) is 0 Å². The Kier molecular flexibility index (Phi) is 6.07. The molecule has 1 N–H and O–H groups in total. The normalized spacial score (nSPS) is 12.0. The number of halogens is 1. The monoisotopic (exact) mass is 297 g/mol. The quantitative estimate of drug-likeness (QED) is 0.889. The molecule has 0 saturated heterocycles. The Bertz CT molecular complexity index is 531. The highest BCUT2D eigenvalue weighted by Crippen LogP contribution is 2.15. The van der Waals surface area contributed by atoms with Gasteiger partial charge in [-0.15, -0.1) is 12.4 Å². The minimum Gasteiger partial charge on any atom is -0.365 e. The summed E-state index contributed by atoms with van der Waals surface area (Å²) in [5, 5.41) is 12.3. The van der Waals surface area contributed by atoms with Crippen LogP contribution in [0.5, 0.6) is 0 Å². The molecular formula is C14H24ClN5. The topological polar surface area (TPSA) is 47.7 Å². The minimum absolute atomic E-state index is 0. The molecule has 0 amide bonds. The predicted molar refractivity (Wildman–Crippen MR) is 84.4 cm³/mol. The molecule has 1 atom stereocenters. The summed E-state index contributed by atoms with van der Waals surface area (Å²) in [5.41, 5.74) is 2.25. The number of anilines is 1. The lowest BCUT2D eigenvalue weighted by Gasteiger charge is -2.14. The maximum atomic E-state index is 4.43. The lowest BCUT2D eigenvalue weighted by Crippen LogP contribution is -2.14. The maximum Gasteiger partial charge on any atom is 0.124 e. The maximum absolute atomic E-state index is 4.43. The van der Waals surface area contributed by atoms with Crippen LogP contribution >= 0.6 is 12.4 Å². The fourth-order valence-electron chi connectivity index (χ4n) is 2.16. The number of aryl methyl sites for hydroxylation is 2. The van der Waals surface area contributed by atoms with Gasteiger partial charge >= 0.3 is 0 Å². The zero-order valence-electron chi connectivity index (χ0n) is 12.6. The Labute approximate surface area is 126 Å². The highest BCUT2D eigenvalue weighted by atomic mass is 35.5. The van der Waals surface area contributed by atoms with Crippen molar-refractivity contribution in [2.45, 2.75) is 53.2 Å². The Balaban J connectivity index is 0.00000200. The second-order valence-electron chi connectivity index (χ2n) is 4.86. The van der Waals surface area contributed by atoms with Crippen LogP contribution in [0.4, 0.5) is 5.82 Å². The van der Waals surface area contributed by atoms with E-state index in [2.05, 4.69) is 53.1 Å². The zero-order chi connectivity index (χ0) is 13.8. The van der Waals surface area contributed by atoms with E-state index in [1.54, 1.807) is 0 Å². The van der Waals surface area contributed by atoms with Crippen molar-refractivity contribution >= 4 is 18.2 Å². The molecule has 6 heteroatoms. The molecule has 0 aliphatic heterocycles. The molecule has 2 rings (SSSR count). The molecule has 0 bridgehead atoms. The Morgan fingerprint density at radius 1 is 1.35 bits per heavy atom. The number of rotatable bonds is 6. The molecule has 2 aromatic rings. The third-order valence-corrected chi connectivity index (χ3v) is 3.41. The van der Waals surface area contributed by atoms with Gasteiger partial charge in [0.2, 0.25) is 0 Å². The molecular weight excluding hydrogens is 274 g/mol. The molecule has 20 heavy (non-hydrogen) atoms. The summed E-state index contributed by atoms with van der Waals surface area (Å²) in [7, 11) is 0. The first kappa shape index (κ1) is 16.6. The lowest BCUT2D eigenvalue weighted by atomic mass is 10.2. The van der Waals surface area contributed by atoms with E-state index < -0.39 is 0 Å². The Morgan fingerprint density at radius 2 is 2.10 bits per heavy atom. The second kappa shape index (κ2) is 7.33. The average Bonchev–Trinajstić information content (AvgIpc) is 3.01. The van der Waals surface area contributed by atoms with E-state index in [1.165, 1.54) is 5.69 Å². The van der Waals surface area contributed by atoms with Gasteiger partial charge in [0.05, 0.1) is 17.9 Å². The molecule has 2 aromatic heterocycles. The molecule has 0 aliphatic rings. The molecule has 0 aliphatic carbocycles. The fraction of sp³-hybridized carbons (Fsp3) is 0.571. The SMILES string of the molecule is CCC(C)n1nccc1CNc1cc(C)nn1CC.Cl. The predicted octanol–water partition coefficient (Wildman–Crippen LogP) is 3.41. The third-order valence-electron chi connectivity index (χ3n) is 3.41. The average molecular weight is 298 g/mol. The van der Waals surface area contributed by atoms with Crippen LogP contribution in [0.1, 0.15) is 44.6 Å². The van der Waals surface area contributed by atoms with E-state index in [1.807, 2.05) is 17.8 Å². The highest BCUT2D eigenvalue weighted by molar-refractivity contribution is 5.85. The van der Waals surface area contributed by atoms with Gasteiger partial charge in [-0.25, -0.2) is 4.68 Å². The van der Waals surface area contributed by atoms with Crippen LogP contribution in [-0.4, -0.2) is 19.6 Å². The molecule has 1 unspecified atom stereocenters. The lowest BCUT2D eigenvalue weighted by molar-refractivity contribution is 0.462. The zero-order valence-corrected chi connectivity index (χ0v) is 13.4. The van der Waals surface area contributed by atoms with Crippen molar-refractivity contribution in [3.63, 3.8) is 0 Å². The molecule has 2 heterocycles. The summed E-state index contributed by atoms with van der Waals surface area (Å²) in [5.74, 6) is 1.07. The minimum atomic E-state index is 0. The smallest absolute Gasteiger partial charge is 0.124 e. The van der Waals surface area contributed by atoms with Gasteiger partial charge in [0.1, 0.15) is 5.82 Å². The van der Waals surface area contributed by atoms with Crippen molar-refractivity contribution in [2.24, 2.45) is 0 Å². The van der Waals surface area contributed by atoms with Gasteiger partial charge in [-0.05, 0) is 33.3 Å². The molecule has 0 fully saturated rings. The highest BCUT2D eigenvalue weighted by Gasteiger charge is 2.09. The van der Waals surface area contributed by atoms with Crippen molar-refractivity contribution in [1.29, 1.82) is 0 Å². The Morgan fingerprint density at radius 3 is 2.75 bits per heavy atom. The van der Waals surface area contributed by atoms with Crippen LogP contribution in [-0.2, 0) is 13.1 Å². The van der Waals surface area contributed by atoms with Crippen LogP contribution in [0.3, 0.4) is 0 Å². The van der Waals surface area contributed by atoms with E-state index >= 15 is 0 Å². The first-order chi connectivity index (χ1) is 9.15. The van der Waals surface area contributed by atoms with Crippen LogP contribution in [0.25, 0.3) is 0 Å². The van der Waals surface area contributed by atoms with E-state index in [0.29, 0.717) is 6.04 Å². The summed E-state index contributed by atoms with van der Waals surface area (Å²) < 4.78 is 4.08. The molecule has 0 radical (unpaired) electrons. The first-order valence-corrected chi connectivity index (χ1v) is 6.96. The van der Waals surface area contributed by atoms with Gasteiger partial charge in [-0.2, -0.15) is 10.2 Å². The van der Waals surface area contributed by atoms with Gasteiger partial charge in [0, 0.05) is 24.8 Å². The molecule has 112 valence electrons. The summed E-state index contributed by atoms with van der Waals surface area (Å²) in [6.45, 7) is 10.1. The van der Waals surface area contributed by atoms with Crippen LogP contribution < -0.4 is 5.32 Å². The van der Waals surface area contributed by atoms with Crippen molar-refractivity contribution in [2.75, 3.05) is 5.32 Å². The molecule has 5 nitrogen and oxygen atoms in total. The van der Waals surface area contributed by atoms with Gasteiger partial charge in [0.25, 0.3) is 0 Å². The molecule has 0 aromatic carbocycles. The summed E-state index contributed by atoms with van der Waals surface area (Å²) in [6, 6.07) is 4.58. The standard InChI is InChI=1S/C14H23N5.ClH/c1-5-12(4)19-13(7-8-16-19)10-15-14-9-11(3)17-18(14)6-2;/h7-9,12,15H,5-6,10H2,1-4H3;1H. The Hall–Kier alpha value is -1.49. The molecule has 0 spiro atoms. The number of hydrogen-bond donors (Lipinski definition) is 1. The van der Waals surface area contributed by atoms with E-state index in [4.69, 9.17) is 0 Å². The fourth-order valence-corrected chi connectivity index (χ4v) is 2.16. The largest absolute Gasteiger partial charge is 0.365 e. The van der Waals surface area contributed by atoms with Crippen LogP contribution in [0, 0.1) is 6.92 Å². The number of hydrogen-bond acceptors (Lipinski definition) is 3. The van der Waals surface area contributed by atoms with Crippen molar-refractivity contribution < 1.29 is 0 Å². The van der Waals surface area contributed by atoms with Gasteiger partial charge in [0.15, 0.2) is 0 Å². The number of nitrogens with zero attached hydrogens (tertiary/aromatic N) is 4. The summed E-state index contributed by atoms with van der Waals surface area (Å²) >= 11 is 0. The first-order valence-electron chi connectivity index (χ1n) is 6.96. The van der Waals surface area contributed by atoms with Crippen molar-refractivity contribution in [3.8, 4) is 0 Å². The van der Waals surface area contributed by atoms with Crippen LogP contribution in [0.15, 0.2) is 18.3 Å². The van der Waals surface area contributed by atoms with E-state index in [9.17, 15) is 0 Å². The number of aromatic nitrogens is 4. The van der Waals surface area contributed by atoms with Gasteiger partial charge in [-0.3, -0.25) is 4.68 Å². The van der Waals surface area contributed by atoms with E-state index in [0.717, 1.165) is 31.0 Å². The van der Waals surface area contributed by atoms with Crippen molar-refractivity contribution in [1.82, 2.24) is 19.6 Å². The summed E-state index contributed by atoms with van der Waals surface area (Å²) in [4.78, 5) is 0. The van der Waals surface area contributed by atoms with E-state index in [-0.39, 0.29) is 12.4 Å². The summed E-state index contributed by atoms with van der Waals surface area (Å²) in [6.07, 6.45) is 2.95. The van der Waals surface area contributed by atoms with Gasteiger partial charge in [-0.1, -0.05) is 6.92 Å². The molecule has 0 saturated carbocycles. The number of nitrogens with one attached hydrogen (secondary N) is 1.